The molecule has 0 fully saturated rings. The van der Waals surface area contributed by atoms with Gasteiger partial charge in [-0.3, -0.25) is 5.41 Å². The van der Waals surface area contributed by atoms with Gasteiger partial charge >= 0.3 is 0 Å². The lowest BCUT2D eigenvalue weighted by Gasteiger charge is -2.20. The highest BCUT2D eigenvalue weighted by Crippen LogP contribution is 2.18. The predicted octanol–water partition coefficient (Wildman–Crippen LogP) is 1.90. The Hall–Kier alpha value is -1.32. The predicted molar refractivity (Wildman–Crippen MR) is 58.6 cm³/mol. The van der Waals surface area contributed by atoms with E-state index in [1.165, 1.54) is 4.68 Å². The Morgan fingerprint density at radius 2 is 2.14 bits per heavy atom. The minimum Gasteiger partial charge on any atom is -0.384 e. The van der Waals surface area contributed by atoms with Crippen LogP contribution in [-0.2, 0) is 6.42 Å². The molecule has 0 radical (unpaired) electrons. The van der Waals surface area contributed by atoms with Crippen molar-refractivity contribution in [1.82, 2.24) is 9.78 Å². The molecule has 0 saturated heterocycles. The molecule has 4 heteroatoms. The Morgan fingerprint density at radius 1 is 1.57 bits per heavy atom. The summed E-state index contributed by atoms with van der Waals surface area (Å²) in [6.07, 6.45) is 0.842. The van der Waals surface area contributed by atoms with Gasteiger partial charge in [0.05, 0.1) is 5.69 Å². The van der Waals surface area contributed by atoms with E-state index in [9.17, 15) is 0 Å². The zero-order chi connectivity index (χ0) is 10.9. The molecular formula is C10H18N4. The van der Waals surface area contributed by atoms with E-state index < -0.39 is 0 Å². The number of anilines is 1. The molecule has 4 nitrogen and oxygen atoms in total. The molecule has 1 heterocycles. The molecule has 0 aliphatic heterocycles. The van der Waals surface area contributed by atoms with Crippen LogP contribution in [0.15, 0.2) is 6.07 Å². The molecule has 0 spiro atoms. The van der Waals surface area contributed by atoms with E-state index in [0.29, 0.717) is 11.7 Å². The Morgan fingerprint density at radius 3 is 2.50 bits per heavy atom. The van der Waals surface area contributed by atoms with Gasteiger partial charge in [0.25, 0.3) is 0 Å². The first-order valence-electron chi connectivity index (χ1n) is 4.80. The molecule has 14 heavy (non-hydrogen) atoms. The number of nitrogen functional groups attached to an aromatic ring is 1. The van der Waals surface area contributed by atoms with E-state index in [-0.39, 0.29) is 5.41 Å². The second-order valence-corrected chi connectivity index (χ2v) is 4.42. The lowest BCUT2D eigenvalue weighted by molar-refractivity contribution is 0.557. The second-order valence-electron chi connectivity index (χ2n) is 4.42. The summed E-state index contributed by atoms with van der Waals surface area (Å²) in [5, 5.41) is 12.2. The SMILES string of the molecule is CCc1cc(N)n(C(=N)C(C)(C)C)n1. The summed E-state index contributed by atoms with van der Waals surface area (Å²) in [7, 11) is 0. The molecule has 0 saturated carbocycles. The Kier molecular flexibility index (Phi) is 2.64. The monoisotopic (exact) mass is 194 g/mol. The van der Waals surface area contributed by atoms with Gasteiger partial charge in [-0.1, -0.05) is 27.7 Å². The maximum atomic E-state index is 7.93. The van der Waals surface area contributed by atoms with Crippen LogP contribution in [0, 0.1) is 10.8 Å². The largest absolute Gasteiger partial charge is 0.384 e. The van der Waals surface area contributed by atoms with E-state index >= 15 is 0 Å². The molecule has 3 N–H and O–H groups in total. The Balaban J connectivity index is 3.07. The van der Waals surface area contributed by atoms with Crippen molar-refractivity contribution in [2.45, 2.75) is 34.1 Å². The minimum absolute atomic E-state index is 0.231. The fraction of sp³-hybridized carbons (Fsp3) is 0.600. The third kappa shape index (κ3) is 1.95. The van der Waals surface area contributed by atoms with Gasteiger partial charge in [0.2, 0.25) is 0 Å². The average molecular weight is 194 g/mol. The van der Waals surface area contributed by atoms with E-state index in [1.807, 2.05) is 33.8 Å². The average Bonchev–Trinajstić information content (AvgIpc) is 2.43. The van der Waals surface area contributed by atoms with Crippen LogP contribution in [0.4, 0.5) is 5.82 Å². The van der Waals surface area contributed by atoms with Gasteiger partial charge in [0.1, 0.15) is 11.7 Å². The molecule has 0 aromatic carbocycles. The maximum Gasteiger partial charge on any atom is 0.129 e. The van der Waals surface area contributed by atoms with Gasteiger partial charge in [-0.05, 0) is 6.42 Å². The Bertz CT molecular complexity index is 343. The number of hydrogen-bond donors (Lipinski definition) is 2. The molecule has 0 bridgehead atoms. The summed E-state index contributed by atoms with van der Waals surface area (Å²) in [6.45, 7) is 7.94. The summed E-state index contributed by atoms with van der Waals surface area (Å²) in [5.41, 5.74) is 6.47. The van der Waals surface area contributed by atoms with Crippen molar-refractivity contribution in [2.75, 3.05) is 5.73 Å². The van der Waals surface area contributed by atoms with Crippen LogP contribution in [0.1, 0.15) is 33.4 Å². The van der Waals surface area contributed by atoms with E-state index in [1.54, 1.807) is 0 Å². The molecule has 78 valence electrons. The normalized spacial score (nSPS) is 11.7. The summed E-state index contributed by atoms with van der Waals surface area (Å²) in [4.78, 5) is 0. The lowest BCUT2D eigenvalue weighted by atomic mass is 9.95. The van der Waals surface area contributed by atoms with Crippen molar-refractivity contribution in [3.63, 3.8) is 0 Å². The maximum absolute atomic E-state index is 7.93. The molecule has 0 aliphatic carbocycles. The lowest BCUT2D eigenvalue weighted by Crippen LogP contribution is -2.28. The molecule has 0 unspecified atom stereocenters. The third-order valence-corrected chi connectivity index (χ3v) is 2.07. The molecule has 0 amide bonds. The van der Waals surface area contributed by atoms with Gasteiger partial charge < -0.3 is 5.73 Å². The number of aryl methyl sites for hydroxylation is 1. The zero-order valence-electron chi connectivity index (χ0n) is 9.26. The standard InChI is InChI=1S/C10H18N4/c1-5-7-6-8(11)14(13-7)9(12)10(2,3)4/h6,12H,5,11H2,1-4H3. The van der Waals surface area contributed by atoms with Crippen molar-refractivity contribution < 1.29 is 0 Å². The van der Waals surface area contributed by atoms with E-state index in [2.05, 4.69) is 5.10 Å². The van der Waals surface area contributed by atoms with Crippen molar-refractivity contribution in [2.24, 2.45) is 5.41 Å². The first kappa shape index (κ1) is 10.8. The number of hydrogen-bond acceptors (Lipinski definition) is 3. The minimum atomic E-state index is -0.231. The fourth-order valence-electron chi connectivity index (χ4n) is 1.12. The number of nitrogens with one attached hydrogen (secondary N) is 1. The van der Waals surface area contributed by atoms with Crippen LogP contribution >= 0.6 is 0 Å². The smallest absolute Gasteiger partial charge is 0.129 e. The molecule has 1 aromatic rings. The molecule has 1 aromatic heterocycles. The van der Waals surface area contributed by atoms with E-state index in [4.69, 9.17) is 11.1 Å². The van der Waals surface area contributed by atoms with Crippen molar-refractivity contribution in [3.8, 4) is 0 Å². The van der Waals surface area contributed by atoms with Gasteiger partial charge in [-0.15, -0.1) is 0 Å². The number of nitrogens with zero attached hydrogens (tertiary/aromatic N) is 2. The topological polar surface area (TPSA) is 67.7 Å². The number of nitrogens with two attached hydrogens (primary N) is 1. The summed E-state index contributed by atoms with van der Waals surface area (Å²) in [6, 6.07) is 1.82. The first-order valence-corrected chi connectivity index (χ1v) is 4.80. The Labute approximate surface area is 84.6 Å². The van der Waals surface area contributed by atoms with Crippen LogP contribution in [0.3, 0.4) is 0 Å². The summed E-state index contributed by atoms with van der Waals surface area (Å²) in [5.74, 6) is 0.969. The molecule has 0 atom stereocenters. The van der Waals surface area contributed by atoms with Crippen LogP contribution in [0.25, 0.3) is 0 Å². The third-order valence-electron chi connectivity index (χ3n) is 2.07. The highest BCUT2D eigenvalue weighted by Gasteiger charge is 2.21. The van der Waals surface area contributed by atoms with Gasteiger partial charge in [-0.25, -0.2) is 4.68 Å². The quantitative estimate of drug-likeness (QED) is 0.529. The highest BCUT2D eigenvalue weighted by atomic mass is 15.3. The number of rotatable bonds is 1. The van der Waals surface area contributed by atoms with E-state index in [0.717, 1.165) is 12.1 Å². The van der Waals surface area contributed by atoms with Gasteiger partial charge in [0, 0.05) is 11.5 Å². The number of aromatic nitrogens is 2. The molecule has 0 aliphatic rings. The fourth-order valence-corrected chi connectivity index (χ4v) is 1.12. The van der Waals surface area contributed by atoms with Gasteiger partial charge in [0.15, 0.2) is 0 Å². The summed E-state index contributed by atoms with van der Waals surface area (Å²) >= 11 is 0. The first-order chi connectivity index (χ1) is 6.36. The summed E-state index contributed by atoms with van der Waals surface area (Å²) < 4.78 is 1.51. The highest BCUT2D eigenvalue weighted by molar-refractivity contribution is 5.87. The van der Waals surface area contributed by atoms with Crippen LogP contribution < -0.4 is 5.73 Å². The van der Waals surface area contributed by atoms with Crippen LogP contribution in [0.5, 0.6) is 0 Å². The second kappa shape index (κ2) is 3.44. The van der Waals surface area contributed by atoms with Gasteiger partial charge in [-0.2, -0.15) is 5.10 Å². The zero-order valence-corrected chi connectivity index (χ0v) is 9.26. The molecular weight excluding hydrogens is 176 g/mol. The van der Waals surface area contributed by atoms with Crippen molar-refractivity contribution >= 4 is 11.7 Å². The van der Waals surface area contributed by atoms with Crippen LogP contribution in [-0.4, -0.2) is 15.6 Å². The van der Waals surface area contributed by atoms with Crippen molar-refractivity contribution in [1.29, 1.82) is 5.41 Å². The van der Waals surface area contributed by atoms with Crippen molar-refractivity contribution in [3.05, 3.63) is 11.8 Å². The molecule has 1 rings (SSSR count). The van der Waals surface area contributed by atoms with Crippen LogP contribution in [0.2, 0.25) is 0 Å².